The van der Waals surface area contributed by atoms with Crippen LogP contribution in [0, 0.1) is 0 Å². The van der Waals surface area contributed by atoms with Crippen molar-refractivity contribution in [1.82, 2.24) is 0 Å². The molecule has 1 aliphatic rings. The van der Waals surface area contributed by atoms with E-state index in [0.717, 1.165) is 56.7 Å². The number of aldehydes is 1. The number of fused-ring (bicyclic) bond motifs is 1. The van der Waals surface area contributed by atoms with Gasteiger partial charge in [-0.3, -0.25) is 0 Å². The molecular formula is C14H18O3. The van der Waals surface area contributed by atoms with Gasteiger partial charge in [0, 0.05) is 12.8 Å². The Morgan fingerprint density at radius 1 is 1.12 bits per heavy atom. The third-order valence-corrected chi connectivity index (χ3v) is 2.85. The van der Waals surface area contributed by atoms with Gasteiger partial charge in [-0.2, -0.15) is 0 Å². The van der Waals surface area contributed by atoms with E-state index in [4.69, 9.17) is 9.47 Å². The van der Waals surface area contributed by atoms with E-state index in [0.29, 0.717) is 6.42 Å². The highest BCUT2D eigenvalue weighted by atomic mass is 16.5. The molecule has 1 aliphatic heterocycles. The summed E-state index contributed by atoms with van der Waals surface area (Å²) in [6.45, 7) is 1.45. The number of aryl methyl sites for hydroxylation is 1. The molecule has 2 rings (SSSR count). The fraction of sp³-hybridized carbons (Fsp3) is 0.500. The van der Waals surface area contributed by atoms with Crippen LogP contribution in [0.4, 0.5) is 0 Å². The molecule has 3 heteroatoms. The lowest BCUT2D eigenvalue weighted by Crippen LogP contribution is -1.97. The van der Waals surface area contributed by atoms with Gasteiger partial charge in [-0.05, 0) is 37.0 Å². The van der Waals surface area contributed by atoms with Crippen molar-refractivity contribution in [3.63, 3.8) is 0 Å². The smallest absolute Gasteiger partial charge is 0.161 e. The van der Waals surface area contributed by atoms with E-state index in [2.05, 4.69) is 12.1 Å². The van der Waals surface area contributed by atoms with E-state index in [1.54, 1.807) is 0 Å². The van der Waals surface area contributed by atoms with Crippen LogP contribution in [0.3, 0.4) is 0 Å². The fourth-order valence-corrected chi connectivity index (χ4v) is 1.92. The first-order chi connectivity index (χ1) is 8.40. The van der Waals surface area contributed by atoms with E-state index in [1.807, 2.05) is 6.07 Å². The number of unbranched alkanes of at least 4 members (excludes halogenated alkanes) is 2. The zero-order chi connectivity index (χ0) is 11.9. The van der Waals surface area contributed by atoms with Gasteiger partial charge >= 0.3 is 0 Å². The van der Waals surface area contributed by atoms with Crippen molar-refractivity contribution < 1.29 is 14.3 Å². The van der Waals surface area contributed by atoms with Gasteiger partial charge in [0.1, 0.15) is 6.29 Å². The standard InChI is InChI=1S/C14H18O3/c15-8-3-1-2-5-12-6-7-13-14(11-12)17-10-4-9-16-13/h6-8,11H,1-5,9-10H2. The van der Waals surface area contributed by atoms with Crippen LogP contribution < -0.4 is 9.47 Å². The zero-order valence-corrected chi connectivity index (χ0v) is 9.98. The molecule has 3 nitrogen and oxygen atoms in total. The van der Waals surface area contributed by atoms with Gasteiger partial charge in [0.25, 0.3) is 0 Å². The molecule has 0 spiro atoms. The Balaban J connectivity index is 1.95. The molecule has 1 aromatic rings. The normalized spacial score (nSPS) is 14.1. The molecule has 0 saturated carbocycles. The van der Waals surface area contributed by atoms with E-state index in [1.165, 1.54) is 5.56 Å². The van der Waals surface area contributed by atoms with Crippen LogP contribution in [0.25, 0.3) is 0 Å². The minimum absolute atomic E-state index is 0.657. The Labute approximate surface area is 102 Å². The second-order valence-electron chi connectivity index (χ2n) is 4.24. The van der Waals surface area contributed by atoms with Gasteiger partial charge in [0.2, 0.25) is 0 Å². The van der Waals surface area contributed by atoms with Crippen LogP contribution in [0.5, 0.6) is 11.5 Å². The molecule has 0 amide bonds. The molecule has 0 bridgehead atoms. The van der Waals surface area contributed by atoms with Crippen molar-refractivity contribution in [3.8, 4) is 11.5 Å². The number of benzene rings is 1. The highest BCUT2D eigenvalue weighted by Gasteiger charge is 2.10. The van der Waals surface area contributed by atoms with Crippen LogP contribution in [-0.2, 0) is 11.2 Å². The van der Waals surface area contributed by atoms with Crippen molar-refractivity contribution in [3.05, 3.63) is 23.8 Å². The number of carbonyl (C=O) groups excluding carboxylic acids is 1. The minimum Gasteiger partial charge on any atom is -0.490 e. The predicted molar refractivity (Wildman–Crippen MR) is 65.7 cm³/mol. The number of ether oxygens (including phenoxy) is 2. The highest BCUT2D eigenvalue weighted by molar-refractivity contribution is 5.49. The second kappa shape index (κ2) is 6.28. The molecule has 0 unspecified atom stereocenters. The second-order valence-corrected chi connectivity index (χ2v) is 4.24. The van der Waals surface area contributed by atoms with E-state index in [-0.39, 0.29) is 0 Å². The quantitative estimate of drug-likeness (QED) is 0.580. The van der Waals surface area contributed by atoms with E-state index < -0.39 is 0 Å². The molecule has 0 saturated heterocycles. The first-order valence-corrected chi connectivity index (χ1v) is 6.22. The Morgan fingerprint density at radius 2 is 1.94 bits per heavy atom. The SMILES string of the molecule is O=CCCCCc1ccc2c(c1)OCCCO2. The summed E-state index contributed by atoms with van der Waals surface area (Å²) >= 11 is 0. The van der Waals surface area contributed by atoms with Gasteiger partial charge in [0.15, 0.2) is 11.5 Å². The van der Waals surface area contributed by atoms with Crippen LogP contribution in [0.2, 0.25) is 0 Å². The number of hydrogen-bond donors (Lipinski definition) is 0. The summed E-state index contributed by atoms with van der Waals surface area (Å²) < 4.78 is 11.2. The molecule has 0 radical (unpaired) electrons. The molecule has 17 heavy (non-hydrogen) atoms. The van der Waals surface area contributed by atoms with Crippen LogP contribution >= 0.6 is 0 Å². The zero-order valence-electron chi connectivity index (χ0n) is 9.98. The van der Waals surface area contributed by atoms with E-state index in [9.17, 15) is 4.79 Å². The Kier molecular flexibility index (Phi) is 4.42. The van der Waals surface area contributed by atoms with Crippen LogP contribution in [-0.4, -0.2) is 19.5 Å². The average molecular weight is 234 g/mol. The predicted octanol–water partition coefficient (Wildman–Crippen LogP) is 2.76. The summed E-state index contributed by atoms with van der Waals surface area (Å²) in [6.07, 6.45) is 5.56. The van der Waals surface area contributed by atoms with Gasteiger partial charge < -0.3 is 14.3 Å². The van der Waals surface area contributed by atoms with Crippen molar-refractivity contribution in [2.45, 2.75) is 32.1 Å². The number of rotatable bonds is 5. The molecule has 0 aromatic heterocycles. The molecule has 92 valence electrons. The average Bonchev–Trinajstić information content (AvgIpc) is 2.59. The summed E-state index contributed by atoms with van der Waals surface area (Å²) in [7, 11) is 0. The summed E-state index contributed by atoms with van der Waals surface area (Å²) in [5.74, 6) is 1.70. The number of hydrogen-bond acceptors (Lipinski definition) is 3. The first kappa shape index (κ1) is 12.0. The lowest BCUT2D eigenvalue weighted by Gasteiger charge is -2.09. The number of carbonyl (C=O) groups is 1. The van der Waals surface area contributed by atoms with Gasteiger partial charge in [0.05, 0.1) is 13.2 Å². The van der Waals surface area contributed by atoms with Crippen molar-refractivity contribution in [2.24, 2.45) is 0 Å². The van der Waals surface area contributed by atoms with Gasteiger partial charge in [-0.25, -0.2) is 0 Å². The molecule has 0 N–H and O–H groups in total. The molecule has 0 atom stereocenters. The lowest BCUT2D eigenvalue weighted by atomic mass is 10.1. The summed E-state index contributed by atoms with van der Waals surface area (Å²) in [6, 6.07) is 6.12. The van der Waals surface area contributed by atoms with Crippen LogP contribution in [0.1, 0.15) is 31.2 Å². The maximum atomic E-state index is 10.2. The van der Waals surface area contributed by atoms with Gasteiger partial charge in [-0.1, -0.05) is 6.07 Å². The van der Waals surface area contributed by atoms with E-state index >= 15 is 0 Å². The molecular weight excluding hydrogens is 216 g/mol. The van der Waals surface area contributed by atoms with Crippen molar-refractivity contribution in [1.29, 1.82) is 0 Å². The topological polar surface area (TPSA) is 35.5 Å². The maximum Gasteiger partial charge on any atom is 0.161 e. The fourth-order valence-electron chi connectivity index (χ4n) is 1.92. The minimum atomic E-state index is 0.657. The molecule has 1 aromatic carbocycles. The Hall–Kier alpha value is -1.51. The Bertz CT molecular complexity index is 374. The maximum absolute atomic E-state index is 10.2. The Morgan fingerprint density at radius 3 is 2.76 bits per heavy atom. The van der Waals surface area contributed by atoms with Crippen molar-refractivity contribution in [2.75, 3.05) is 13.2 Å². The van der Waals surface area contributed by atoms with Gasteiger partial charge in [-0.15, -0.1) is 0 Å². The third kappa shape index (κ3) is 3.48. The largest absolute Gasteiger partial charge is 0.490 e. The molecule has 0 aliphatic carbocycles. The molecule has 0 fully saturated rings. The summed E-state index contributed by atoms with van der Waals surface area (Å²) in [5, 5.41) is 0. The van der Waals surface area contributed by atoms with Crippen LogP contribution in [0.15, 0.2) is 18.2 Å². The molecule has 1 heterocycles. The highest BCUT2D eigenvalue weighted by Crippen LogP contribution is 2.30. The monoisotopic (exact) mass is 234 g/mol. The third-order valence-electron chi connectivity index (χ3n) is 2.85. The summed E-state index contributed by atoms with van der Waals surface area (Å²) in [5.41, 5.74) is 1.25. The summed E-state index contributed by atoms with van der Waals surface area (Å²) in [4.78, 5) is 10.2. The first-order valence-electron chi connectivity index (χ1n) is 6.22. The lowest BCUT2D eigenvalue weighted by molar-refractivity contribution is -0.107. The van der Waals surface area contributed by atoms with Crippen molar-refractivity contribution >= 4 is 6.29 Å².